The molecule has 20 heavy (non-hydrogen) atoms. The fraction of sp³-hybridized carbons (Fsp3) is 0.625. The first kappa shape index (κ1) is 15.5. The van der Waals surface area contributed by atoms with Crippen LogP contribution in [0.25, 0.3) is 0 Å². The van der Waals surface area contributed by atoms with E-state index in [0.29, 0.717) is 17.0 Å². The van der Waals surface area contributed by atoms with Gasteiger partial charge in [-0.05, 0) is 43.7 Å². The average molecular weight is 295 g/mol. The Hall–Kier alpha value is -0.870. The minimum atomic E-state index is 0.133. The minimum Gasteiger partial charge on any atom is -0.508 e. The average Bonchev–Trinajstić information content (AvgIpc) is 2.87. The number of phenols is 1. The fourth-order valence-corrected chi connectivity index (χ4v) is 4.16. The molecule has 0 bridgehead atoms. The molecule has 3 nitrogen and oxygen atoms in total. The number of hydrogen-bond donors (Lipinski definition) is 2. The summed E-state index contributed by atoms with van der Waals surface area (Å²) in [6.07, 6.45) is 3.83. The molecule has 1 aromatic rings. The van der Waals surface area contributed by atoms with Gasteiger partial charge >= 0.3 is 0 Å². The standard InChI is InChI=1S/C16H25NO2S/c1-4-20-16-7-5-6-14(16)17-11(2)13-10-12(19-3)8-9-15(13)18/h8-11,14,16-18H,4-7H2,1-3H3. The second-order valence-electron chi connectivity index (χ2n) is 5.34. The van der Waals surface area contributed by atoms with Gasteiger partial charge in [0.2, 0.25) is 0 Å². The van der Waals surface area contributed by atoms with Crippen LogP contribution in [0.1, 0.15) is 44.7 Å². The van der Waals surface area contributed by atoms with Crippen LogP contribution in [0.15, 0.2) is 18.2 Å². The predicted molar refractivity (Wildman–Crippen MR) is 85.8 cm³/mol. The van der Waals surface area contributed by atoms with Crippen molar-refractivity contribution in [2.24, 2.45) is 0 Å². The number of aromatic hydroxyl groups is 1. The molecule has 0 amide bonds. The van der Waals surface area contributed by atoms with E-state index in [1.807, 2.05) is 17.8 Å². The molecule has 0 heterocycles. The number of hydrogen-bond acceptors (Lipinski definition) is 4. The Bertz CT molecular complexity index is 438. The van der Waals surface area contributed by atoms with E-state index in [2.05, 4.69) is 19.2 Å². The number of methoxy groups -OCH3 is 1. The molecule has 3 atom stereocenters. The Morgan fingerprint density at radius 1 is 1.45 bits per heavy atom. The van der Waals surface area contributed by atoms with Crippen molar-refractivity contribution in [3.05, 3.63) is 23.8 Å². The van der Waals surface area contributed by atoms with Gasteiger partial charge in [-0.15, -0.1) is 0 Å². The first-order valence-corrected chi connectivity index (χ1v) is 8.45. The number of thioether (sulfide) groups is 1. The van der Waals surface area contributed by atoms with E-state index in [1.54, 1.807) is 19.2 Å². The van der Waals surface area contributed by atoms with Gasteiger partial charge in [-0.3, -0.25) is 0 Å². The number of phenolic OH excluding ortho intramolecular Hbond substituents is 1. The van der Waals surface area contributed by atoms with Crippen molar-refractivity contribution in [1.82, 2.24) is 5.32 Å². The van der Waals surface area contributed by atoms with Crippen LogP contribution in [0.3, 0.4) is 0 Å². The topological polar surface area (TPSA) is 41.5 Å². The molecule has 4 heteroatoms. The van der Waals surface area contributed by atoms with Crippen LogP contribution in [-0.2, 0) is 0 Å². The third kappa shape index (κ3) is 3.61. The highest BCUT2D eigenvalue weighted by Gasteiger charge is 2.28. The van der Waals surface area contributed by atoms with E-state index in [9.17, 15) is 5.11 Å². The quantitative estimate of drug-likeness (QED) is 0.839. The molecule has 1 aliphatic carbocycles. The number of benzene rings is 1. The first-order chi connectivity index (χ1) is 9.65. The molecule has 0 spiro atoms. The Kier molecular flexibility index (Phi) is 5.61. The summed E-state index contributed by atoms with van der Waals surface area (Å²) in [6, 6.07) is 6.09. The maximum atomic E-state index is 10.0. The highest BCUT2D eigenvalue weighted by Crippen LogP contribution is 2.33. The highest BCUT2D eigenvalue weighted by atomic mass is 32.2. The smallest absolute Gasteiger partial charge is 0.120 e. The van der Waals surface area contributed by atoms with Crippen molar-refractivity contribution in [3.8, 4) is 11.5 Å². The van der Waals surface area contributed by atoms with Crippen molar-refractivity contribution in [2.45, 2.75) is 50.4 Å². The molecule has 3 unspecified atom stereocenters. The predicted octanol–water partition coefficient (Wildman–Crippen LogP) is 3.73. The van der Waals surface area contributed by atoms with E-state index in [0.717, 1.165) is 11.3 Å². The Morgan fingerprint density at radius 2 is 2.25 bits per heavy atom. The van der Waals surface area contributed by atoms with E-state index >= 15 is 0 Å². The second-order valence-corrected chi connectivity index (χ2v) is 6.86. The molecule has 0 radical (unpaired) electrons. The van der Waals surface area contributed by atoms with E-state index in [4.69, 9.17) is 4.74 Å². The lowest BCUT2D eigenvalue weighted by Gasteiger charge is -2.25. The van der Waals surface area contributed by atoms with Crippen LogP contribution < -0.4 is 10.1 Å². The molecular weight excluding hydrogens is 270 g/mol. The second kappa shape index (κ2) is 7.23. The van der Waals surface area contributed by atoms with Gasteiger partial charge in [0, 0.05) is 22.9 Å². The first-order valence-electron chi connectivity index (χ1n) is 7.40. The van der Waals surface area contributed by atoms with Crippen LogP contribution in [0.2, 0.25) is 0 Å². The maximum absolute atomic E-state index is 10.0. The van der Waals surface area contributed by atoms with E-state index in [1.165, 1.54) is 25.0 Å². The van der Waals surface area contributed by atoms with Crippen molar-refractivity contribution in [2.75, 3.05) is 12.9 Å². The van der Waals surface area contributed by atoms with Gasteiger partial charge in [-0.25, -0.2) is 0 Å². The molecule has 0 aromatic heterocycles. The Balaban J connectivity index is 2.05. The van der Waals surface area contributed by atoms with E-state index < -0.39 is 0 Å². The van der Waals surface area contributed by atoms with Gasteiger partial charge < -0.3 is 15.2 Å². The molecular formula is C16H25NO2S. The van der Waals surface area contributed by atoms with Crippen molar-refractivity contribution in [3.63, 3.8) is 0 Å². The Morgan fingerprint density at radius 3 is 2.95 bits per heavy atom. The Labute approximate surface area is 126 Å². The lowest BCUT2D eigenvalue weighted by atomic mass is 10.1. The molecule has 2 N–H and O–H groups in total. The zero-order valence-corrected chi connectivity index (χ0v) is 13.4. The summed E-state index contributed by atoms with van der Waals surface area (Å²) in [6.45, 7) is 4.33. The fourth-order valence-electron chi connectivity index (χ4n) is 2.95. The zero-order chi connectivity index (χ0) is 14.5. The van der Waals surface area contributed by atoms with Gasteiger partial charge in [-0.2, -0.15) is 11.8 Å². The van der Waals surface area contributed by atoms with Gasteiger partial charge in [0.1, 0.15) is 11.5 Å². The number of ether oxygens (including phenoxy) is 1. The summed E-state index contributed by atoms with van der Waals surface area (Å²) < 4.78 is 5.25. The summed E-state index contributed by atoms with van der Waals surface area (Å²) in [5, 5.41) is 14.4. The SMILES string of the molecule is CCSC1CCCC1NC(C)c1cc(OC)ccc1O. The highest BCUT2D eigenvalue weighted by molar-refractivity contribution is 7.99. The van der Waals surface area contributed by atoms with Crippen LogP contribution in [0.5, 0.6) is 11.5 Å². The summed E-state index contributed by atoms with van der Waals surface area (Å²) in [4.78, 5) is 0. The van der Waals surface area contributed by atoms with E-state index in [-0.39, 0.29) is 6.04 Å². The van der Waals surface area contributed by atoms with Crippen molar-refractivity contribution < 1.29 is 9.84 Å². The lowest BCUT2D eigenvalue weighted by Crippen LogP contribution is -2.36. The van der Waals surface area contributed by atoms with Crippen LogP contribution in [-0.4, -0.2) is 29.3 Å². The summed E-state index contributed by atoms with van der Waals surface area (Å²) in [5.41, 5.74) is 0.913. The molecule has 112 valence electrons. The molecule has 1 fully saturated rings. The molecule has 2 rings (SSSR count). The third-order valence-corrected chi connectivity index (χ3v) is 5.32. The normalized spacial score (nSPS) is 23.8. The minimum absolute atomic E-state index is 0.133. The monoisotopic (exact) mass is 295 g/mol. The van der Waals surface area contributed by atoms with Gasteiger partial charge in [0.05, 0.1) is 7.11 Å². The van der Waals surface area contributed by atoms with Gasteiger partial charge in [-0.1, -0.05) is 13.3 Å². The number of rotatable bonds is 6. The van der Waals surface area contributed by atoms with Crippen LogP contribution in [0.4, 0.5) is 0 Å². The summed E-state index contributed by atoms with van der Waals surface area (Å²) in [7, 11) is 1.65. The zero-order valence-electron chi connectivity index (χ0n) is 12.6. The largest absolute Gasteiger partial charge is 0.508 e. The molecule has 1 saturated carbocycles. The van der Waals surface area contributed by atoms with Crippen LogP contribution >= 0.6 is 11.8 Å². The summed E-state index contributed by atoms with van der Waals surface area (Å²) >= 11 is 2.05. The van der Waals surface area contributed by atoms with Gasteiger partial charge in [0.15, 0.2) is 0 Å². The molecule has 0 saturated heterocycles. The third-order valence-electron chi connectivity index (χ3n) is 4.00. The summed E-state index contributed by atoms with van der Waals surface area (Å²) in [5.74, 6) is 2.29. The molecule has 1 aliphatic rings. The van der Waals surface area contributed by atoms with Gasteiger partial charge in [0.25, 0.3) is 0 Å². The maximum Gasteiger partial charge on any atom is 0.120 e. The van der Waals surface area contributed by atoms with Crippen LogP contribution in [0, 0.1) is 0 Å². The molecule has 0 aliphatic heterocycles. The lowest BCUT2D eigenvalue weighted by molar-refractivity contribution is 0.403. The number of nitrogens with one attached hydrogen (secondary N) is 1. The van der Waals surface area contributed by atoms with Crippen molar-refractivity contribution >= 4 is 11.8 Å². The van der Waals surface area contributed by atoms with Crippen molar-refractivity contribution in [1.29, 1.82) is 0 Å². The molecule has 1 aromatic carbocycles.